The van der Waals surface area contributed by atoms with Crippen LogP contribution in [0.1, 0.15) is 0 Å². The number of benzene rings is 1. The SMILES string of the molecule is Clc1c(Br)cc2nc(-c3ccncc3)[nH]c2c1Cl. The lowest BCUT2D eigenvalue weighted by Crippen LogP contribution is -1.79. The van der Waals surface area contributed by atoms with Gasteiger partial charge in [-0.3, -0.25) is 4.98 Å². The molecule has 0 aliphatic carbocycles. The molecule has 6 heteroatoms. The zero-order chi connectivity index (χ0) is 12.7. The molecule has 1 aromatic carbocycles. The van der Waals surface area contributed by atoms with Gasteiger partial charge in [-0.25, -0.2) is 4.98 Å². The number of aromatic amines is 1. The molecule has 0 spiro atoms. The average Bonchev–Trinajstić information content (AvgIpc) is 2.81. The highest BCUT2D eigenvalue weighted by atomic mass is 79.9. The van der Waals surface area contributed by atoms with E-state index in [2.05, 4.69) is 30.9 Å². The highest BCUT2D eigenvalue weighted by Crippen LogP contribution is 2.36. The van der Waals surface area contributed by atoms with Gasteiger partial charge in [0.2, 0.25) is 0 Å². The normalized spacial score (nSPS) is 11.1. The van der Waals surface area contributed by atoms with Gasteiger partial charge in [0.15, 0.2) is 0 Å². The van der Waals surface area contributed by atoms with E-state index in [9.17, 15) is 0 Å². The van der Waals surface area contributed by atoms with Gasteiger partial charge in [0, 0.05) is 22.4 Å². The molecule has 18 heavy (non-hydrogen) atoms. The van der Waals surface area contributed by atoms with E-state index in [4.69, 9.17) is 23.2 Å². The predicted octanol–water partition coefficient (Wildman–Crippen LogP) is 4.69. The lowest BCUT2D eigenvalue weighted by Gasteiger charge is -1.99. The standard InChI is InChI=1S/C12H6BrCl2N3/c13-7-5-8-11(10(15)9(7)14)18-12(17-8)6-1-3-16-4-2-6/h1-5H,(H,17,18). The van der Waals surface area contributed by atoms with Crippen LogP contribution in [0, 0.1) is 0 Å². The first-order chi connectivity index (χ1) is 8.66. The number of aromatic nitrogens is 3. The maximum absolute atomic E-state index is 6.19. The van der Waals surface area contributed by atoms with Gasteiger partial charge >= 0.3 is 0 Å². The van der Waals surface area contributed by atoms with Crippen molar-refractivity contribution in [1.29, 1.82) is 0 Å². The van der Waals surface area contributed by atoms with Crippen molar-refractivity contribution in [2.75, 3.05) is 0 Å². The van der Waals surface area contributed by atoms with Crippen molar-refractivity contribution in [2.24, 2.45) is 0 Å². The third-order valence-corrected chi connectivity index (χ3v) is 4.29. The summed E-state index contributed by atoms with van der Waals surface area (Å²) in [6, 6.07) is 5.59. The number of rotatable bonds is 1. The molecule has 3 aromatic rings. The Morgan fingerprint density at radius 3 is 2.56 bits per heavy atom. The number of hydrogen-bond acceptors (Lipinski definition) is 2. The average molecular weight is 343 g/mol. The highest BCUT2D eigenvalue weighted by Gasteiger charge is 2.13. The number of nitrogens with zero attached hydrogens (tertiary/aromatic N) is 2. The van der Waals surface area contributed by atoms with E-state index in [0.29, 0.717) is 10.0 Å². The molecule has 90 valence electrons. The minimum absolute atomic E-state index is 0.467. The fourth-order valence-electron chi connectivity index (χ4n) is 1.70. The van der Waals surface area contributed by atoms with Gasteiger partial charge in [0.1, 0.15) is 5.82 Å². The molecule has 3 rings (SSSR count). The minimum atomic E-state index is 0.467. The Balaban J connectivity index is 2.27. The molecule has 0 amide bonds. The largest absolute Gasteiger partial charge is 0.337 e. The van der Waals surface area contributed by atoms with Crippen LogP contribution in [-0.4, -0.2) is 15.0 Å². The van der Waals surface area contributed by atoms with Gasteiger partial charge in [-0.2, -0.15) is 0 Å². The van der Waals surface area contributed by atoms with Crippen LogP contribution in [0.2, 0.25) is 10.0 Å². The molecule has 0 atom stereocenters. The molecule has 2 aromatic heterocycles. The quantitative estimate of drug-likeness (QED) is 0.651. The van der Waals surface area contributed by atoms with Crippen LogP contribution in [0.15, 0.2) is 35.1 Å². The van der Waals surface area contributed by atoms with E-state index < -0.39 is 0 Å². The van der Waals surface area contributed by atoms with Crippen LogP contribution in [0.5, 0.6) is 0 Å². The summed E-state index contributed by atoms with van der Waals surface area (Å²) in [7, 11) is 0. The molecule has 2 heterocycles. The topological polar surface area (TPSA) is 41.6 Å². The number of nitrogens with one attached hydrogen (secondary N) is 1. The Bertz CT molecular complexity index is 725. The number of fused-ring (bicyclic) bond motifs is 1. The van der Waals surface area contributed by atoms with Gasteiger partial charge in [-0.05, 0) is 34.1 Å². The van der Waals surface area contributed by atoms with E-state index in [0.717, 1.165) is 26.9 Å². The Morgan fingerprint density at radius 2 is 1.83 bits per heavy atom. The van der Waals surface area contributed by atoms with Crippen LogP contribution in [0.4, 0.5) is 0 Å². The Hall–Kier alpha value is -1.10. The molecule has 0 aliphatic heterocycles. The summed E-state index contributed by atoms with van der Waals surface area (Å²) in [5, 5.41) is 0.947. The molecular weight excluding hydrogens is 337 g/mol. The van der Waals surface area contributed by atoms with E-state index >= 15 is 0 Å². The van der Waals surface area contributed by atoms with Crippen molar-refractivity contribution in [3.63, 3.8) is 0 Å². The number of imidazole rings is 1. The van der Waals surface area contributed by atoms with Gasteiger partial charge in [0.25, 0.3) is 0 Å². The van der Waals surface area contributed by atoms with Crippen molar-refractivity contribution in [3.05, 3.63) is 45.1 Å². The zero-order valence-corrected chi connectivity index (χ0v) is 12.0. The summed E-state index contributed by atoms with van der Waals surface area (Å²) < 4.78 is 0.731. The third kappa shape index (κ3) is 1.90. The summed E-state index contributed by atoms with van der Waals surface area (Å²) in [5.74, 6) is 0.739. The minimum Gasteiger partial charge on any atom is -0.337 e. The van der Waals surface area contributed by atoms with Crippen LogP contribution in [0.3, 0.4) is 0 Å². The van der Waals surface area contributed by atoms with Crippen LogP contribution in [-0.2, 0) is 0 Å². The first-order valence-electron chi connectivity index (χ1n) is 5.10. The Labute approximate surface area is 121 Å². The Kier molecular flexibility index (Phi) is 3.01. The Morgan fingerprint density at radius 1 is 1.11 bits per heavy atom. The second-order valence-corrected chi connectivity index (χ2v) is 5.31. The summed E-state index contributed by atoms with van der Waals surface area (Å²) in [4.78, 5) is 11.6. The lowest BCUT2D eigenvalue weighted by molar-refractivity contribution is 1.28. The molecule has 0 fully saturated rings. The molecular formula is C12H6BrCl2N3. The highest BCUT2D eigenvalue weighted by molar-refractivity contribution is 9.10. The van der Waals surface area contributed by atoms with Crippen LogP contribution < -0.4 is 0 Å². The second kappa shape index (κ2) is 4.53. The number of hydrogen-bond donors (Lipinski definition) is 1. The van der Waals surface area contributed by atoms with Gasteiger partial charge < -0.3 is 4.98 Å². The van der Waals surface area contributed by atoms with Crippen molar-refractivity contribution >= 4 is 50.2 Å². The molecule has 0 aliphatic rings. The molecule has 0 radical (unpaired) electrons. The fourth-order valence-corrected chi connectivity index (χ4v) is 2.63. The van der Waals surface area contributed by atoms with Gasteiger partial charge in [-0.15, -0.1) is 0 Å². The maximum Gasteiger partial charge on any atom is 0.138 e. The van der Waals surface area contributed by atoms with Gasteiger partial charge in [-0.1, -0.05) is 23.2 Å². The predicted molar refractivity (Wildman–Crippen MR) is 77.0 cm³/mol. The lowest BCUT2D eigenvalue weighted by atomic mass is 10.3. The van der Waals surface area contributed by atoms with Crippen LogP contribution in [0.25, 0.3) is 22.4 Å². The summed E-state index contributed by atoms with van der Waals surface area (Å²) in [6.45, 7) is 0. The number of halogens is 3. The van der Waals surface area contributed by atoms with E-state index in [1.807, 2.05) is 18.2 Å². The summed E-state index contributed by atoms with van der Waals surface area (Å²) in [6.07, 6.45) is 3.43. The summed E-state index contributed by atoms with van der Waals surface area (Å²) >= 11 is 15.6. The fraction of sp³-hybridized carbons (Fsp3) is 0. The van der Waals surface area contributed by atoms with Crippen molar-refractivity contribution < 1.29 is 0 Å². The van der Waals surface area contributed by atoms with E-state index in [1.165, 1.54) is 0 Å². The van der Waals surface area contributed by atoms with E-state index in [-0.39, 0.29) is 0 Å². The molecule has 0 bridgehead atoms. The molecule has 0 saturated carbocycles. The summed E-state index contributed by atoms with van der Waals surface area (Å²) in [5.41, 5.74) is 2.45. The smallest absolute Gasteiger partial charge is 0.138 e. The monoisotopic (exact) mass is 341 g/mol. The third-order valence-electron chi connectivity index (χ3n) is 2.57. The molecule has 0 saturated heterocycles. The second-order valence-electron chi connectivity index (χ2n) is 3.70. The zero-order valence-electron chi connectivity index (χ0n) is 8.92. The van der Waals surface area contributed by atoms with Crippen molar-refractivity contribution in [3.8, 4) is 11.4 Å². The maximum atomic E-state index is 6.19. The van der Waals surface area contributed by atoms with Gasteiger partial charge in [0.05, 0.1) is 21.1 Å². The van der Waals surface area contributed by atoms with Crippen molar-refractivity contribution in [1.82, 2.24) is 15.0 Å². The molecule has 0 unspecified atom stereocenters. The van der Waals surface area contributed by atoms with Crippen molar-refractivity contribution in [2.45, 2.75) is 0 Å². The number of H-pyrrole nitrogens is 1. The van der Waals surface area contributed by atoms with Crippen LogP contribution >= 0.6 is 39.1 Å². The first kappa shape index (κ1) is 12.0. The first-order valence-corrected chi connectivity index (χ1v) is 6.65. The van der Waals surface area contributed by atoms with E-state index in [1.54, 1.807) is 12.4 Å². The molecule has 1 N–H and O–H groups in total. The molecule has 3 nitrogen and oxygen atoms in total. The number of pyridine rings is 1.